The first-order valence-corrected chi connectivity index (χ1v) is 6.24. The average Bonchev–Trinajstić information content (AvgIpc) is 2.84. The van der Waals surface area contributed by atoms with E-state index in [9.17, 15) is 9.90 Å². The molecule has 0 radical (unpaired) electrons. The number of hydrogen-bond donors (Lipinski definition) is 2. The monoisotopic (exact) mass is 258 g/mol. The molecule has 1 atom stereocenters. The lowest BCUT2D eigenvalue weighted by Crippen LogP contribution is -2.16. The summed E-state index contributed by atoms with van der Waals surface area (Å²) in [6.07, 6.45) is 3.89. The Labute approximate surface area is 110 Å². The Morgan fingerprint density at radius 2 is 2.05 bits per heavy atom. The van der Waals surface area contributed by atoms with Crippen LogP contribution in [0.4, 0.5) is 0 Å². The summed E-state index contributed by atoms with van der Waals surface area (Å²) < 4.78 is 1.80. The van der Waals surface area contributed by atoms with Crippen molar-refractivity contribution in [3.8, 4) is 11.3 Å². The van der Waals surface area contributed by atoms with Crippen molar-refractivity contribution in [1.82, 2.24) is 9.55 Å². The van der Waals surface area contributed by atoms with Gasteiger partial charge in [-0.25, -0.2) is 9.78 Å². The molecule has 0 amide bonds. The van der Waals surface area contributed by atoms with Gasteiger partial charge in [0.1, 0.15) is 12.1 Å². The molecule has 98 valence electrons. The molecule has 0 saturated heterocycles. The summed E-state index contributed by atoms with van der Waals surface area (Å²) in [6.45, 7) is 0. The highest BCUT2D eigenvalue weighted by Gasteiger charge is 2.19. The van der Waals surface area contributed by atoms with E-state index in [0.29, 0.717) is 0 Å². The van der Waals surface area contributed by atoms with Gasteiger partial charge in [0.15, 0.2) is 0 Å². The Bertz CT molecular complexity index is 616. The Morgan fingerprint density at radius 3 is 2.68 bits per heavy atom. The van der Waals surface area contributed by atoms with E-state index in [1.165, 1.54) is 0 Å². The number of aromatic nitrogens is 2. The Morgan fingerprint density at radius 1 is 1.32 bits per heavy atom. The van der Waals surface area contributed by atoms with Crippen LogP contribution in [0.3, 0.4) is 0 Å². The van der Waals surface area contributed by atoms with Crippen LogP contribution in [-0.4, -0.2) is 25.7 Å². The van der Waals surface area contributed by atoms with Gasteiger partial charge in [-0.1, -0.05) is 12.1 Å². The zero-order valence-electron chi connectivity index (χ0n) is 10.3. The summed E-state index contributed by atoms with van der Waals surface area (Å²) in [5.74, 6) is -0.0535. The number of imidazole rings is 1. The molecule has 1 aliphatic rings. The van der Waals surface area contributed by atoms with Gasteiger partial charge in [-0.15, -0.1) is 0 Å². The van der Waals surface area contributed by atoms with Crippen molar-refractivity contribution in [3.05, 3.63) is 41.9 Å². The number of rotatable bonds is 2. The van der Waals surface area contributed by atoms with Crippen LogP contribution in [0, 0.1) is 0 Å². The van der Waals surface area contributed by atoms with E-state index in [0.717, 1.165) is 36.3 Å². The number of aromatic carboxylic acids is 1. The highest BCUT2D eigenvalue weighted by atomic mass is 16.4. The quantitative estimate of drug-likeness (QED) is 0.864. The standard InChI is InChI=1S/C14H14N2O3/c17-13-3-1-2-12-15-11(8-16(12)13)9-4-6-10(7-5-9)14(18)19/h4-8,13,17H,1-3H2,(H,18,19). The number of hydrogen-bond acceptors (Lipinski definition) is 3. The lowest BCUT2D eigenvalue weighted by Gasteiger charge is -2.19. The predicted molar refractivity (Wildman–Crippen MR) is 68.8 cm³/mol. The van der Waals surface area contributed by atoms with Crippen LogP contribution in [0.5, 0.6) is 0 Å². The van der Waals surface area contributed by atoms with Crippen LogP contribution in [-0.2, 0) is 6.42 Å². The van der Waals surface area contributed by atoms with Crippen molar-refractivity contribution in [3.63, 3.8) is 0 Å². The first kappa shape index (κ1) is 11.9. The number of benzene rings is 1. The van der Waals surface area contributed by atoms with E-state index in [2.05, 4.69) is 4.98 Å². The average molecular weight is 258 g/mol. The molecule has 2 N–H and O–H groups in total. The fourth-order valence-electron chi connectivity index (χ4n) is 2.38. The van der Waals surface area contributed by atoms with Crippen LogP contribution < -0.4 is 0 Å². The van der Waals surface area contributed by atoms with Crippen molar-refractivity contribution in [2.75, 3.05) is 0 Å². The number of fused-ring (bicyclic) bond motifs is 1. The maximum atomic E-state index is 10.8. The molecular weight excluding hydrogens is 244 g/mol. The van der Waals surface area contributed by atoms with Crippen molar-refractivity contribution >= 4 is 5.97 Å². The molecule has 0 spiro atoms. The second kappa shape index (κ2) is 4.51. The van der Waals surface area contributed by atoms with Gasteiger partial charge >= 0.3 is 5.97 Å². The van der Waals surface area contributed by atoms with Gasteiger partial charge in [0.25, 0.3) is 0 Å². The number of aliphatic hydroxyl groups is 1. The van der Waals surface area contributed by atoms with Crippen molar-refractivity contribution in [1.29, 1.82) is 0 Å². The maximum absolute atomic E-state index is 10.8. The molecule has 1 unspecified atom stereocenters. The van der Waals surface area contributed by atoms with Crippen LogP contribution in [0.2, 0.25) is 0 Å². The largest absolute Gasteiger partial charge is 0.478 e. The first-order valence-electron chi connectivity index (χ1n) is 6.24. The molecule has 2 heterocycles. The third-order valence-corrected chi connectivity index (χ3v) is 3.42. The smallest absolute Gasteiger partial charge is 0.335 e. The zero-order chi connectivity index (χ0) is 13.4. The summed E-state index contributed by atoms with van der Waals surface area (Å²) in [5.41, 5.74) is 1.89. The van der Waals surface area contributed by atoms with E-state index in [1.807, 2.05) is 6.20 Å². The molecule has 0 bridgehead atoms. The van der Waals surface area contributed by atoms with Gasteiger partial charge in [-0.2, -0.15) is 0 Å². The molecule has 2 aromatic rings. The molecule has 1 aromatic carbocycles. The van der Waals surface area contributed by atoms with Gasteiger partial charge in [0, 0.05) is 18.2 Å². The summed E-state index contributed by atoms with van der Waals surface area (Å²) in [5, 5.41) is 18.7. The molecule has 0 saturated carbocycles. The van der Waals surface area contributed by atoms with E-state index in [4.69, 9.17) is 5.11 Å². The number of carbonyl (C=O) groups is 1. The maximum Gasteiger partial charge on any atom is 0.335 e. The summed E-state index contributed by atoms with van der Waals surface area (Å²) in [7, 11) is 0. The Kier molecular flexibility index (Phi) is 2.83. The minimum absolute atomic E-state index is 0.257. The summed E-state index contributed by atoms with van der Waals surface area (Å²) >= 11 is 0. The number of aliphatic hydroxyl groups excluding tert-OH is 1. The van der Waals surface area contributed by atoms with Gasteiger partial charge in [-0.05, 0) is 25.0 Å². The number of aryl methyl sites for hydroxylation is 1. The molecule has 1 aliphatic heterocycles. The lowest BCUT2D eigenvalue weighted by molar-refractivity contribution is 0.0696. The fraction of sp³-hybridized carbons (Fsp3) is 0.286. The van der Waals surface area contributed by atoms with Crippen LogP contribution in [0.1, 0.15) is 35.3 Å². The molecule has 1 aromatic heterocycles. The van der Waals surface area contributed by atoms with Crippen LogP contribution in [0.25, 0.3) is 11.3 Å². The zero-order valence-corrected chi connectivity index (χ0v) is 10.3. The highest BCUT2D eigenvalue weighted by molar-refractivity contribution is 5.88. The van der Waals surface area contributed by atoms with E-state index in [1.54, 1.807) is 28.8 Å². The lowest BCUT2D eigenvalue weighted by atomic mass is 10.1. The first-order chi connectivity index (χ1) is 9.15. The number of carboxylic acids is 1. The highest BCUT2D eigenvalue weighted by Crippen LogP contribution is 2.27. The summed E-state index contributed by atoms with van der Waals surface area (Å²) in [6, 6.07) is 6.60. The van der Waals surface area contributed by atoms with Crippen LogP contribution >= 0.6 is 0 Å². The minimum Gasteiger partial charge on any atom is -0.478 e. The van der Waals surface area contributed by atoms with Gasteiger partial charge in [0.05, 0.1) is 11.3 Å². The van der Waals surface area contributed by atoms with E-state index >= 15 is 0 Å². The second-order valence-electron chi connectivity index (χ2n) is 4.70. The molecular formula is C14H14N2O3. The Balaban J connectivity index is 1.96. The van der Waals surface area contributed by atoms with Crippen molar-refractivity contribution in [2.45, 2.75) is 25.5 Å². The molecule has 0 aliphatic carbocycles. The normalized spacial score (nSPS) is 18.1. The fourth-order valence-corrected chi connectivity index (χ4v) is 2.38. The third-order valence-electron chi connectivity index (χ3n) is 3.42. The van der Waals surface area contributed by atoms with Gasteiger partial charge in [0.2, 0.25) is 0 Å². The SMILES string of the molecule is O=C(O)c1ccc(-c2cn3c(n2)CCCC3O)cc1. The van der Waals surface area contributed by atoms with Crippen LogP contribution in [0.15, 0.2) is 30.5 Å². The van der Waals surface area contributed by atoms with Crippen molar-refractivity contribution in [2.24, 2.45) is 0 Å². The van der Waals surface area contributed by atoms with E-state index < -0.39 is 12.2 Å². The van der Waals surface area contributed by atoms with Gasteiger partial charge in [-0.3, -0.25) is 0 Å². The van der Waals surface area contributed by atoms with E-state index in [-0.39, 0.29) is 5.56 Å². The number of carboxylic acid groups (broad SMARTS) is 1. The molecule has 0 fully saturated rings. The molecule has 3 rings (SSSR count). The topological polar surface area (TPSA) is 75.3 Å². The van der Waals surface area contributed by atoms with Gasteiger partial charge < -0.3 is 14.8 Å². The minimum atomic E-state index is -0.939. The predicted octanol–water partition coefficient (Wildman–Crippen LogP) is 2.08. The Hall–Kier alpha value is -2.14. The third kappa shape index (κ3) is 2.13. The molecule has 19 heavy (non-hydrogen) atoms. The number of nitrogens with zero attached hydrogens (tertiary/aromatic N) is 2. The van der Waals surface area contributed by atoms with Crippen molar-refractivity contribution < 1.29 is 15.0 Å². The molecule has 5 heteroatoms. The summed E-state index contributed by atoms with van der Waals surface area (Å²) in [4.78, 5) is 15.3. The second-order valence-corrected chi connectivity index (χ2v) is 4.70. The molecule has 5 nitrogen and oxygen atoms in total.